The van der Waals surface area contributed by atoms with Crippen molar-refractivity contribution in [1.82, 2.24) is 0 Å². The zero-order chi connectivity index (χ0) is 14.2. The quantitative estimate of drug-likeness (QED) is 0.814. The second kappa shape index (κ2) is 5.22. The van der Waals surface area contributed by atoms with E-state index in [4.69, 9.17) is 0 Å². The van der Waals surface area contributed by atoms with E-state index in [1.165, 1.54) is 49.0 Å². The van der Waals surface area contributed by atoms with Crippen molar-refractivity contribution < 1.29 is 0 Å². The van der Waals surface area contributed by atoms with Gasteiger partial charge in [0.15, 0.2) is 0 Å². The Balaban J connectivity index is 1.65. The number of benzene rings is 2. The second-order valence-corrected chi connectivity index (χ2v) is 6.38. The van der Waals surface area contributed by atoms with E-state index in [0.29, 0.717) is 0 Å². The molecule has 0 saturated heterocycles. The molecule has 0 radical (unpaired) electrons. The van der Waals surface area contributed by atoms with Crippen LogP contribution in [0.3, 0.4) is 0 Å². The summed E-state index contributed by atoms with van der Waals surface area (Å²) in [5.41, 5.74) is 9.24. The van der Waals surface area contributed by atoms with E-state index in [1.807, 2.05) is 0 Å². The zero-order valence-corrected chi connectivity index (χ0v) is 12.9. The molecule has 0 unspecified atom stereocenters. The van der Waals surface area contributed by atoms with Crippen LogP contribution in [0, 0.1) is 0 Å². The molecule has 2 aromatic rings. The summed E-state index contributed by atoms with van der Waals surface area (Å²) in [5.74, 6) is 0. The first-order chi connectivity index (χ1) is 10.3. The monoisotopic (exact) mass is 277 g/mol. The normalized spacial score (nSPS) is 16.1. The van der Waals surface area contributed by atoms with Crippen LogP contribution in [0.1, 0.15) is 41.2 Å². The van der Waals surface area contributed by atoms with E-state index < -0.39 is 0 Å². The van der Waals surface area contributed by atoms with Crippen molar-refractivity contribution in [2.24, 2.45) is 0 Å². The summed E-state index contributed by atoms with van der Waals surface area (Å²) in [6, 6.07) is 14.0. The maximum absolute atomic E-state index is 2.50. The van der Waals surface area contributed by atoms with Crippen LogP contribution in [-0.4, -0.2) is 13.1 Å². The minimum absolute atomic E-state index is 1.09. The van der Waals surface area contributed by atoms with Crippen molar-refractivity contribution in [3.05, 3.63) is 64.2 Å². The van der Waals surface area contributed by atoms with Crippen molar-refractivity contribution in [2.45, 2.75) is 39.0 Å². The van der Waals surface area contributed by atoms with E-state index in [0.717, 1.165) is 13.0 Å². The predicted octanol–water partition coefficient (Wildman–Crippen LogP) is 4.15. The van der Waals surface area contributed by atoms with Crippen LogP contribution in [0.25, 0.3) is 0 Å². The van der Waals surface area contributed by atoms with Crippen molar-refractivity contribution in [1.29, 1.82) is 0 Å². The van der Waals surface area contributed by atoms with Gasteiger partial charge in [-0.2, -0.15) is 0 Å². The van der Waals surface area contributed by atoms with Crippen LogP contribution < -0.4 is 4.90 Å². The average Bonchev–Trinajstić information content (AvgIpc) is 3.13. The maximum atomic E-state index is 2.50. The summed E-state index contributed by atoms with van der Waals surface area (Å²) < 4.78 is 0. The van der Waals surface area contributed by atoms with Gasteiger partial charge in [0.1, 0.15) is 0 Å². The Morgan fingerprint density at radius 2 is 1.90 bits per heavy atom. The van der Waals surface area contributed by atoms with Gasteiger partial charge in [-0.25, -0.2) is 0 Å². The summed E-state index contributed by atoms with van der Waals surface area (Å²) in [6.45, 7) is 4.56. The van der Waals surface area contributed by atoms with Crippen LogP contribution in [0.5, 0.6) is 0 Å². The van der Waals surface area contributed by atoms with Crippen molar-refractivity contribution in [3.63, 3.8) is 0 Å². The SMILES string of the molecule is CCN1CCc2c(Cc3ccc4c(c3)CCC4)cccc21. The molecule has 0 fully saturated rings. The third-order valence-electron chi connectivity index (χ3n) is 5.16. The number of rotatable bonds is 3. The largest absolute Gasteiger partial charge is 0.371 e. The van der Waals surface area contributed by atoms with Gasteiger partial charge in [-0.1, -0.05) is 30.3 Å². The van der Waals surface area contributed by atoms with Gasteiger partial charge in [0.25, 0.3) is 0 Å². The summed E-state index contributed by atoms with van der Waals surface area (Å²) in [4.78, 5) is 2.50. The molecule has 0 spiro atoms. The Morgan fingerprint density at radius 3 is 2.81 bits per heavy atom. The fourth-order valence-electron chi connectivity index (χ4n) is 4.02. The lowest BCUT2D eigenvalue weighted by atomic mass is 9.96. The van der Waals surface area contributed by atoms with E-state index in [2.05, 4.69) is 48.2 Å². The van der Waals surface area contributed by atoms with E-state index in [-0.39, 0.29) is 0 Å². The summed E-state index contributed by atoms with van der Waals surface area (Å²) in [5, 5.41) is 0. The average molecular weight is 277 g/mol. The number of hydrogen-bond acceptors (Lipinski definition) is 1. The minimum Gasteiger partial charge on any atom is -0.371 e. The summed E-state index contributed by atoms with van der Waals surface area (Å²) >= 11 is 0. The Morgan fingerprint density at radius 1 is 1.00 bits per heavy atom. The molecule has 4 rings (SSSR count). The first-order valence-electron chi connectivity index (χ1n) is 8.31. The molecule has 0 bridgehead atoms. The molecular formula is C20H23N. The maximum Gasteiger partial charge on any atom is 0.0402 e. The minimum atomic E-state index is 1.09. The van der Waals surface area contributed by atoms with Gasteiger partial charge in [0.2, 0.25) is 0 Å². The highest BCUT2D eigenvalue weighted by molar-refractivity contribution is 5.61. The van der Waals surface area contributed by atoms with Gasteiger partial charge in [-0.15, -0.1) is 0 Å². The molecule has 21 heavy (non-hydrogen) atoms. The second-order valence-electron chi connectivity index (χ2n) is 6.38. The van der Waals surface area contributed by atoms with Gasteiger partial charge in [0.05, 0.1) is 0 Å². The van der Waals surface area contributed by atoms with Gasteiger partial charge in [-0.05, 0) is 72.9 Å². The van der Waals surface area contributed by atoms with E-state index in [1.54, 1.807) is 16.7 Å². The number of likely N-dealkylation sites (N-methyl/N-ethyl adjacent to an activating group) is 1. The Hall–Kier alpha value is -1.76. The molecule has 1 heteroatoms. The van der Waals surface area contributed by atoms with Gasteiger partial charge in [-0.3, -0.25) is 0 Å². The lowest BCUT2D eigenvalue weighted by Gasteiger charge is -2.17. The third kappa shape index (κ3) is 2.25. The summed E-state index contributed by atoms with van der Waals surface area (Å²) in [6.07, 6.45) is 6.20. The van der Waals surface area contributed by atoms with Crippen LogP contribution >= 0.6 is 0 Å². The molecule has 0 amide bonds. The van der Waals surface area contributed by atoms with Crippen LogP contribution in [0.4, 0.5) is 5.69 Å². The van der Waals surface area contributed by atoms with Crippen LogP contribution in [0.15, 0.2) is 36.4 Å². The number of aryl methyl sites for hydroxylation is 2. The van der Waals surface area contributed by atoms with Gasteiger partial charge in [0, 0.05) is 18.8 Å². The van der Waals surface area contributed by atoms with Gasteiger partial charge >= 0.3 is 0 Å². The molecule has 0 atom stereocenters. The number of fused-ring (bicyclic) bond motifs is 2. The highest BCUT2D eigenvalue weighted by Crippen LogP contribution is 2.32. The lowest BCUT2D eigenvalue weighted by Crippen LogP contribution is -2.18. The van der Waals surface area contributed by atoms with Gasteiger partial charge < -0.3 is 4.90 Å². The molecule has 0 aromatic heterocycles. The molecule has 108 valence electrons. The third-order valence-corrected chi connectivity index (χ3v) is 5.16. The molecule has 0 N–H and O–H groups in total. The molecule has 1 heterocycles. The molecule has 1 nitrogen and oxygen atoms in total. The topological polar surface area (TPSA) is 3.24 Å². The summed E-state index contributed by atoms with van der Waals surface area (Å²) in [7, 11) is 0. The number of nitrogens with zero attached hydrogens (tertiary/aromatic N) is 1. The smallest absolute Gasteiger partial charge is 0.0402 e. The fraction of sp³-hybridized carbons (Fsp3) is 0.400. The van der Waals surface area contributed by atoms with Crippen molar-refractivity contribution >= 4 is 5.69 Å². The molecule has 1 aliphatic heterocycles. The molecule has 1 aliphatic carbocycles. The first kappa shape index (κ1) is 12.9. The molecule has 2 aliphatic rings. The first-order valence-corrected chi connectivity index (χ1v) is 8.31. The number of hydrogen-bond donors (Lipinski definition) is 0. The predicted molar refractivity (Wildman–Crippen MR) is 89.3 cm³/mol. The molecule has 2 aromatic carbocycles. The molecule has 0 saturated carbocycles. The molecular weight excluding hydrogens is 254 g/mol. The standard InChI is InChI=1S/C20H23N/c1-2-21-12-11-19-18(7-4-8-20(19)21)14-15-9-10-16-5-3-6-17(16)13-15/h4,7-10,13H,2-3,5-6,11-12,14H2,1H3. The Kier molecular flexibility index (Phi) is 3.21. The van der Waals surface area contributed by atoms with Crippen LogP contribution in [-0.2, 0) is 25.7 Å². The Bertz CT molecular complexity index is 672. The van der Waals surface area contributed by atoms with E-state index >= 15 is 0 Å². The lowest BCUT2D eigenvalue weighted by molar-refractivity contribution is 0.867. The van der Waals surface area contributed by atoms with Crippen molar-refractivity contribution in [2.75, 3.05) is 18.0 Å². The highest BCUT2D eigenvalue weighted by atomic mass is 15.1. The van der Waals surface area contributed by atoms with E-state index in [9.17, 15) is 0 Å². The zero-order valence-electron chi connectivity index (χ0n) is 12.9. The van der Waals surface area contributed by atoms with Crippen LogP contribution in [0.2, 0.25) is 0 Å². The van der Waals surface area contributed by atoms with Crippen molar-refractivity contribution in [3.8, 4) is 0 Å². The Labute approximate surface area is 127 Å². The number of anilines is 1. The fourth-order valence-corrected chi connectivity index (χ4v) is 4.02. The highest BCUT2D eigenvalue weighted by Gasteiger charge is 2.20.